The van der Waals surface area contributed by atoms with E-state index in [1.807, 2.05) is 18.2 Å². The summed E-state index contributed by atoms with van der Waals surface area (Å²) in [5.74, 6) is 1.48. The number of anilines is 1. The number of ether oxygens (including phenoxy) is 3. The van der Waals surface area contributed by atoms with E-state index in [1.165, 1.54) is 0 Å². The van der Waals surface area contributed by atoms with Crippen molar-refractivity contribution in [2.24, 2.45) is 0 Å². The van der Waals surface area contributed by atoms with E-state index < -0.39 is 6.09 Å². The van der Waals surface area contributed by atoms with Crippen molar-refractivity contribution in [3.8, 4) is 28.3 Å². The van der Waals surface area contributed by atoms with E-state index in [0.29, 0.717) is 29.2 Å². The molecule has 11 nitrogen and oxygen atoms in total. The highest BCUT2D eigenvalue weighted by Crippen LogP contribution is 2.33. The van der Waals surface area contributed by atoms with E-state index in [1.54, 1.807) is 37.8 Å². The van der Waals surface area contributed by atoms with Crippen LogP contribution in [0.25, 0.3) is 33.5 Å². The molecule has 1 aliphatic rings. The molecule has 2 N–H and O–H groups in total. The van der Waals surface area contributed by atoms with Crippen LogP contribution in [0.5, 0.6) is 5.75 Å². The highest BCUT2D eigenvalue weighted by atomic mass is 16.5. The largest absolute Gasteiger partial charge is 0.491 e. The van der Waals surface area contributed by atoms with Crippen LogP contribution in [-0.2, 0) is 9.47 Å². The van der Waals surface area contributed by atoms with E-state index in [4.69, 9.17) is 14.2 Å². The molecule has 0 aliphatic carbocycles. The minimum Gasteiger partial charge on any atom is -0.491 e. The van der Waals surface area contributed by atoms with Crippen molar-refractivity contribution in [3.05, 3.63) is 49.1 Å². The molecule has 0 unspecified atom stereocenters. The molecule has 0 spiro atoms. The molecule has 1 aliphatic heterocycles. The quantitative estimate of drug-likeness (QED) is 0.383. The SMILES string of the molecule is CCOC(=O)Nc1nc2c(-c3ncccn3)cc(-c3cncc(OCCN4CCOCC4)c3)cc2[nH]1. The summed E-state index contributed by atoms with van der Waals surface area (Å²) in [6.07, 6.45) is 6.26. The fraction of sp³-hybridized carbons (Fsp3) is 0.320. The van der Waals surface area contributed by atoms with Crippen molar-refractivity contribution in [2.75, 3.05) is 51.4 Å². The zero-order valence-electron chi connectivity index (χ0n) is 19.9. The van der Waals surface area contributed by atoms with Gasteiger partial charge in [-0.1, -0.05) is 0 Å². The first-order valence-corrected chi connectivity index (χ1v) is 11.8. The number of pyridine rings is 1. The molecular weight excluding hydrogens is 462 g/mol. The number of aromatic amines is 1. The second-order valence-electron chi connectivity index (χ2n) is 8.14. The number of morpholine rings is 1. The van der Waals surface area contributed by atoms with Crippen LogP contribution in [0.3, 0.4) is 0 Å². The Morgan fingerprint density at radius 2 is 1.97 bits per heavy atom. The lowest BCUT2D eigenvalue weighted by Crippen LogP contribution is -2.38. The first-order chi connectivity index (χ1) is 17.7. The summed E-state index contributed by atoms with van der Waals surface area (Å²) in [5, 5.41) is 2.62. The Bertz CT molecular complexity index is 1320. The van der Waals surface area contributed by atoms with Crippen molar-refractivity contribution < 1.29 is 19.0 Å². The molecule has 1 amide bonds. The molecule has 0 bridgehead atoms. The number of fused-ring (bicyclic) bond motifs is 1. The van der Waals surface area contributed by atoms with E-state index in [-0.39, 0.29) is 12.6 Å². The van der Waals surface area contributed by atoms with Gasteiger partial charge in [0.1, 0.15) is 17.9 Å². The topological polar surface area (TPSA) is 127 Å². The van der Waals surface area contributed by atoms with Gasteiger partial charge in [0.15, 0.2) is 5.82 Å². The van der Waals surface area contributed by atoms with Gasteiger partial charge in [-0.15, -0.1) is 0 Å². The van der Waals surface area contributed by atoms with Gasteiger partial charge >= 0.3 is 6.09 Å². The Morgan fingerprint density at radius 3 is 2.78 bits per heavy atom. The second kappa shape index (κ2) is 11.1. The van der Waals surface area contributed by atoms with Gasteiger partial charge in [-0.25, -0.2) is 19.7 Å². The van der Waals surface area contributed by atoms with Crippen LogP contribution in [0.4, 0.5) is 10.7 Å². The van der Waals surface area contributed by atoms with Crippen LogP contribution in [0.1, 0.15) is 6.92 Å². The fourth-order valence-corrected chi connectivity index (χ4v) is 3.99. The highest BCUT2D eigenvalue weighted by Gasteiger charge is 2.16. The number of aromatic nitrogens is 5. The lowest BCUT2D eigenvalue weighted by atomic mass is 10.0. The molecule has 4 heterocycles. The van der Waals surface area contributed by atoms with Crippen molar-refractivity contribution in [2.45, 2.75) is 6.92 Å². The van der Waals surface area contributed by atoms with E-state index in [9.17, 15) is 4.79 Å². The smallest absolute Gasteiger partial charge is 0.413 e. The third-order valence-corrected chi connectivity index (χ3v) is 5.72. The summed E-state index contributed by atoms with van der Waals surface area (Å²) in [4.78, 5) is 35.1. The molecule has 0 atom stereocenters. The molecular formula is C25H27N7O4. The Balaban J connectivity index is 1.43. The van der Waals surface area contributed by atoms with Gasteiger partial charge in [0.05, 0.1) is 31.5 Å². The summed E-state index contributed by atoms with van der Waals surface area (Å²) in [6.45, 7) is 6.76. The molecule has 5 rings (SSSR count). The number of amides is 1. The van der Waals surface area contributed by atoms with E-state index in [2.05, 4.69) is 35.1 Å². The van der Waals surface area contributed by atoms with Crippen LogP contribution >= 0.6 is 0 Å². The number of nitrogens with one attached hydrogen (secondary N) is 2. The number of carbonyl (C=O) groups excluding carboxylic acids is 1. The molecule has 4 aromatic rings. The normalized spacial score (nSPS) is 14.0. The van der Waals surface area contributed by atoms with Gasteiger partial charge in [0.25, 0.3) is 0 Å². The minimum atomic E-state index is -0.583. The van der Waals surface area contributed by atoms with Crippen LogP contribution in [-0.4, -0.2) is 82.0 Å². The lowest BCUT2D eigenvalue weighted by Gasteiger charge is -2.26. The highest BCUT2D eigenvalue weighted by molar-refractivity contribution is 5.96. The number of hydrogen-bond acceptors (Lipinski definition) is 9. The number of carbonyl (C=O) groups is 1. The number of imidazole rings is 1. The number of nitrogens with zero attached hydrogens (tertiary/aromatic N) is 5. The molecule has 1 fully saturated rings. The van der Waals surface area contributed by atoms with Crippen molar-refractivity contribution in [1.82, 2.24) is 29.8 Å². The molecule has 36 heavy (non-hydrogen) atoms. The van der Waals surface area contributed by atoms with E-state index in [0.717, 1.165) is 49.5 Å². The number of rotatable bonds is 8. The predicted octanol–water partition coefficient (Wildman–Crippen LogP) is 3.36. The zero-order chi connectivity index (χ0) is 24.7. The van der Waals surface area contributed by atoms with Crippen molar-refractivity contribution in [3.63, 3.8) is 0 Å². The van der Waals surface area contributed by atoms with Gasteiger partial charge < -0.3 is 19.2 Å². The van der Waals surface area contributed by atoms with Crippen LogP contribution in [0.15, 0.2) is 49.1 Å². The van der Waals surface area contributed by atoms with Gasteiger partial charge in [-0.3, -0.25) is 15.2 Å². The average Bonchev–Trinajstić information content (AvgIpc) is 3.32. The predicted molar refractivity (Wildman–Crippen MR) is 134 cm³/mol. The summed E-state index contributed by atoms with van der Waals surface area (Å²) in [7, 11) is 0. The standard InChI is InChI=1S/C25H27N7O4/c1-2-35-25(33)31-24-29-21-14-17(13-20(22(21)30-24)23-27-4-3-5-28-23)18-12-19(16-26-15-18)36-11-8-32-6-9-34-10-7-32/h3-5,12-16H,2,6-11H2,1H3,(H2,29,30,31,33). The van der Waals surface area contributed by atoms with Gasteiger partial charge in [-0.05, 0) is 36.8 Å². The summed E-state index contributed by atoms with van der Waals surface area (Å²) in [5.41, 5.74) is 3.80. The van der Waals surface area contributed by atoms with Gasteiger partial charge in [0.2, 0.25) is 5.95 Å². The van der Waals surface area contributed by atoms with E-state index >= 15 is 0 Å². The van der Waals surface area contributed by atoms with Crippen LogP contribution < -0.4 is 10.1 Å². The van der Waals surface area contributed by atoms with Crippen LogP contribution in [0.2, 0.25) is 0 Å². The summed E-state index contributed by atoms with van der Waals surface area (Å²) >= 11 is 0. The van der Waals surface area contributed by atoms with Crippen molar-refractivity contribution in [1.29, 1.82) is 0 Å². The molecule has 0 saturated carbocycles. The fourth-order valence-electron chi connectivity index (χ4n) is 3.99. The maximum Gasteiger partial charge on any atom is 0.413 e. The maximum atomic E-state index is 11.9. The van der Waals surface area contributed by atoms with Gasteiger partial charge in [0, 0.05) is 49.4 Å². The first-order valence-electron chi connectivity index (χ1n) is 11.8. The summed E-state index contributed by atoms with van der Waals surface area (Å²) in [6, 6.07) is 7.61. The molecule has 186 valence electrons. The monoisotopic (exact) mass is 489 g/mol. The third-order valence-electron chi connectivity index (χ3n) is 5.72. The molecule has 0 radical (unpaired) electrons. The number of H-pyrrole nitrogens is 1. The molecule has 3 aromatic heterocycles. The Labute approximate surface area is 207 Å². The average molecular weight is 490 g/mol. The maximum absolute atomic E-state index is 11.9. The number of benzene rings is 1. The Hall–Kier alpha value is -4.09. The zero-order valence-corrected chi connectivity index (χ0v) is 19.9. The van der Waals surface area contributed by atoms with Crippen molar-refractivity contribution >= 4 is 23.1 Å². The number of hydrogen-bond donors (Lipinski definition) is 2. The first kappa shape index (κ1) is 23.6. The molecule has 1 saturated heterocycles. The third kappa shape index (κ3) is 5.58. The molecule has 11 heteroatoms. The lowest BCUT2D eigenvalue weighted by molar-refractivity contribution is 0.0322. The second-order valence-corrected chi connectivity index (χ2v) is 8.14. The van der Waals surface area contributed by atoms with Gasteiger partial charge in [-0.2, -0.15) is 0 Å². The Morgan fingerprint density at radius 1 is 1.14 bits per heavy atom. The van der Waals surface area contributed by atoms with Crippen LogP contribution in [0, 0.1) is 0 Å². The summed E-state index contributed by atoms with van der Waals surface area (Å²) < 4.78 is 16.4. The Kier molecular flexibility index (Phi) is 7.29. The molecule has 1 aromatic carbocycles. The minimum absolute atomic E-state index is 0.261.